The van der Waals surface area contributed by atoms with E-state index in [1.807, 2.05) is 24.1 Å². The zero-order chi connectivity index (χ0) is 14.1. The minimum Gasteiger partial charge on any atom is -0.324 e. The van der Waals surface area contributed by atoms with Crippen LogP contribution in [0.3, 0.4) is 0 Å². The Morgan fingerprint density at radius 3 is 2.95 bits per heavy atom. The molecule has 0 aliphatic carbocycles. The number of hydrogen-bond donors (Lipinski definition) is 1. The number of aryl methyl sites for hydroxylation is 2. The van der Waals surface area contributed by atoms with Crippen molar-refractivity contribution in [2.75, 3.05) is 0 Å². The molecule has 0 saturated heterocycles. The summed E-state index contributed by atoms with van der Waals surface area (Å²) < 4.78 is 3.70. The maximum absolute atomic E-state index is 6.33. The number of nitrogens with zero attached hydrogens (tertiary/aromatic N) is 5. The smallest absolute Gasteiger partial charge is 0.0892 e. The molecular formula is C14H18N6. The average Bonchev–Trinajstić information content (AvgIpc) is 3.03. The van der Waals surface area contributed by atoms with Gasteiger partial charge in [0.2, 0.25) is 0 Å². The lowest BCUT2D eigenvalue weighted by molar-refractivity contribution is 0.640. The summed E-state index contributed by atoms with van der Waals surface area (Å²) in [5, 5.41) is 8.75. The summed E-state index contributed by atoms with van der Waals surface area (Å²) >= 11 is 0. The fraction of sp³-hybridized carbons (Fsp3) is 0.357. The third-order valence-corrected chi connectivity index (χ3v) is 3.57. The Balaban J connectivity index is 1.89. The van der Waals surface area contributed by atoms with Crippen molar-refractivity contribution < 1.29 is 0 Å². The van der Waals surface area contributed by atoms with Crippen LogP contribution in [0.25, 0.3) is 5.52 Å². The molecule has 3 aromatic rings. The molecule has 6 heteroatoms. The molecule has 0 radical (unpaired) electrons. The zero-order valence-corrected chi connectivity index (χ0v) is 11.7. The number of aromatic nitrogens is 5. The maximum atomic E-state index is 6.33. The Labute approximate surface area is 117 Å². The molecule has 3 aromatic heterocycles. The second-order valence-electron chi connectivity index (χ2n) is 4.92. The molecule has 0 spiro atoms. The summed E-state index contributed by atoms with van der Waals surface area (Å²) in [5.74, 6) is 0. The van der Waals surface area contributed by atoms with E-state index in [2.05, 4.69) is 28.2 Å². The summed E-state index contributed by atoms with van der Waals surface area (Å²) in [6, 6.07) is 2.00. The van der Waals surface area contributed by atoms with E-state index in [9.17, 15) is 0 Å². The van der Waals surface area contributed by atoms with Crippen LogP contribution in [0.5, 0.6) is 0 Å². The second kappa shape index (κ2) is 5.05. The van der Waals surface area contributed by atoms with Crippen molar-refractivity contribution in [1.82, 2.24) is 24.4 Å². The highest BCUT2D eigenvalue weighted by molar-refractivity contribution is 5.53. The van der Waals surface area contributed by atoms with Crippen molar-refractivity contribution in [3.8, 4) is 0 Å². The normalized spacial score (nSPS) is 12.9. The lowest BCUT2D eigenvalue weighted by atomic mass is 10.0. The quantitative estimate of drug-likeness (QED) is 0.774. The summed E-state index contributed by atoms with van der Waals surface area (Å²) in [6.45, 7) is 2.10. The molecule has 3 heterocycles. The Hall–Kier alpha value is -2.21. The molecule has 2 N–H and O–H groups in total. The number of rotatable bonds is 4. The van der Waals surface area contributed by atoms with Crippen LogP contribution in [-0.4, -0.2) is 24.4 Å². The molecule has 20 heavy (non-hydrogen) atoms. The SMILES string of the molecule is CCc1cc(CC(N)c2cnn3ccncc23)n(C)n1. The number of fused-ring (bicyclic) bond motifs is 1. The molecule has 6 nitrogen and oxygen atoms in total. The highest BCUT2D eigenvalue weighted by Gasteiger charge is 2.15. The van der Waals surface area contributed by atoms with Gasteiger partial charge in [0.25, 0.3) is 0 Å². The summed E-state index contributed by atoms with van der Waals surface area (Å²) in [7, 11) is 1.96. The second-order valence-corrected chi connectivity index (χ2v) is 4.92. The van der Waals surface area contributed by atoms with E-state index in [4.69, 9.17) is 5.73 Å². The Kier molecular flexibility index (Phi) is 3.23. The molecule has 0 aliphatic heterocycles. The standard InChI is InChI=1S/C14H18N6/c1-3-10-6-11(19(2)18-10)7-13(15)12-8-17-20-5-4-16-9-14(12)20/h4-6,8-9,13H,3,7,15H2,1-2H3. The van der Waals surface area contributed by atoms with Crippen molar-refractivity contribution in [2.24, 2.45) is 12.8 Å². The van der Waals surface area contributed by atoms with Crippen LogP contribution in [0.2, 0.25) is 0 Å². The van der Waals surface area contributed by atoms with E-state index in [1.165, 1.54) is 0 Å². The van der Waals surface area contributed by atoms with Crippen molar-refractivity contribution >= 4 is 5.52 Å². The Morgan fingerprint density at radius 1 is 1.35 bits per heavy atom. The van der Waals surface area contributed by atoms with Crippen LogP contribution in [0.4, 0.5) is 0 Å². The van der Waals surface area contributed by atoms with E-state index >= 15 is 0 Å². The molecule has 3 rings (SSSR count). The highest BCUT2D eigenvalue weighted by atomic mass is 15.3. The van der Waals surface area contributed by atoms with E-state index in [1.54, 1.807) is 16.9 Å². The molecule has 0 bridgehead atoms. The van der Waals surface area contributed by atoms with Crippen molar-refractivity contribution in [2.45, 2.75) is 25.8 Å². The van der Waals surface area contributed by atoms with Gasteiger partial charge in [0, 0.05) is 43.2 Å². The van der Waals surface area contributed by atoms with Gasteiger partial charge in [0.1, 0.15) is 0 Å². The molecule has 0 fully saturated rings. The van der Waals surface area contributed by atoms with Gasteiger partial charge in [-0.15, -0.1) is 0 Å². The summed E-state index contributed by atoms with van der Waals surface area (Å²) in [5.41, 5.74) is 10.5. The lowest BCUT2D eigenvalue weighted by Gasteiger charge is -2.10. The van der Waals surface area contributed by atoms with Gasteiger partial charge in [-0.1, -0.05) is 6.92 Å². The predicted octanol–water partition coefficient (Wildman–Crippen LogP) is 1.27. The van der Waals surface area contributed by atoms with E-state index < -0.39 is 0 Å². The molecule has 1 unspecified atom stereocenters. The maximum Gasteiger partial charge on any atom is 0.0892 e. The first-order valence-corrected chi connectivity index (χ1v) is 6.73. The van der Waals surface area contributed by atoms with Crippen LogP contribution in [0, 0.1) is 0 Å². The van der Waals surface area contributed by atoms with Gasteiger partial charge >= 0.3 is 0 Å². The average molecular weight is 270 g/mol. The van der Waals surface area contributed by atoms with Gasteiger partial charge in [-0.25, -0.2) is 4.52 Å². The van der Waals surface area contributed by atoms with Crippen LogP contribution < -0.4 is 5.73 Å². The van der Waals surface area contributed by atoms with Gasteiger partial charge in [-0.05, 0) is 12.5 Å². The first-order chi connectivity index (χ1) is 9.69. The Morgan fingerprint density at radius 2 is 2.20 bits per heavy atom. The fourth-order valence-electron chi connectivity index (χ4n) is 2.41. The molecule has 0 saturated carbocycles. The van der Waals surface area contributed by atoms with Crippen LogP contribution in [0.15, 0.2) is 30.9 Å². The molecule has 1 atom stereocenters. The molecule has 0 amide bonds. The third-order valence-electron chi connectivity index (χ3n) is 3.57. The summed E-state index contributed by atoms with van der Waals surface area (Å²) in [6.07, 6.45) is 8.82. The molecule has 104 valence electrons. The largest absolute Gasteiger partial charge is 0.324 e. The lowest BCUT2D eigenvalue weighted by Crippen LogP contribution is -2.15. The zero-order valence-electron chi connectivity index (χ0n) is 11.7. The van der Waals surface area contributed by atoms with E-state index in [0.29, 0.717) is 0 Å². The Bertz CT molecular complexity index is 726. The van der Waals surface area contributed by atoms with Gasteiger partial charge in [-0.3, -0.25) is 9.67 Å². The van der Waals surface area contributed by atoms with Crippen molar-refractivity contribution in [1.29, 1.82) is 0 Å². The van der Waals surface area contributed by atoms with Crippen molar-refractivity contribution in [3.05, 3.63) is 47.8 Å². The van der Waals surface area contributed by atoms with Gasteiger partial charge in [-0.2, -0.15) is 10.2 Å². The predicted molar refractivity (Wildman–Crippen MR) is 76.2 cm³/mol. The topological polar surface area (TPSA) is 74.0 Å². The van der Waals surface area contributed by atoms with E-state index in [-0.39, 0.29) is 6.04 Å². The number of hydrogen-bond acceptors (Lipinski definition) is 4. The van der Waals surface area contributed by atoms with Gasteiger partial charge < -0.3 is 5.73 Å². The monoisotopic (exact) mass is 270 g/mol. The van der Waals surface area contributed by atoms with Crippen LogP contribution in [0.1, 0.15) is 29.9 Å². The van der Waals surface area contributed by atoms with Crippen LogP contribution >= 0.6 is 0 Å². The third kappa shape index (κ3) is 2.18. The number of nitrogens with two attached hydrogens (primary N) is 1. The fourth-order valence-corrected chi connectivity index (χ4v) is 2.41. The molecule has 0 aliphatic rings. The van der Waals surface area contributed by atoms with Crippen molar-refractivity contribution in [3.63, 3.8) is 0 Å². The highest BCUT2D eigenvalue weighted by Crippen LogP contribution is 2.20. The first-order valence-electron chi connectivity index (χ1n) is 6.73. The van der Waals surface area contributed by atoms with Gasteiger partial charge in [0.05, 0.1) is 23.6 Å². The first kappa shape index (κ1) is 12.8. The molecular weight excluding hydrogens is 252 g/mol. The minimum atomic E-state index is -0.114. The minimum absolute atomic E-state index is 0.114. The van der Waals surface area contributed by atoms with E-state index in [0.717, 1.165) is 35.3 Å². The molecule has 0 aromatic carbocycles. The van der Waals surface area contributed by atoms with Crippen LogP contribution in [-0.2, 0) is 19.9 Å². The summed E-state index contributed by atoms with van der Waals surface area (Å²) in [4.78, 5) is 4.14. The van der Waals surface area contributed by atoms with Gasteiger partial charge in [0.15, 0.2) is 0 Å².